The van der Waals surface area contributed by atoms with E-state index in [4.69, 9.17) is 5.73 Å². The van der Waals surface area contributed by atoms with Gasteiger partial charge in [-0.2, -0.15) is 0 Å². The van der Waals surface area contributed by atoms with E-state index in [0.717, 1.165) is 12.0 Å². The fourth-order valence-electron chi connectivity index (χ4n) is 1.13. The van der Waals surface area contributed by atoms with Gasteiger partial charge in [0.05, 0.1) is 6.54 Å². The second kappa shape index (κ2) is 5.89. The lowest BCUT2D eigenvalue weighted by atomic mass is 10.3. The number of anilines is 2. The number of rotatable bonds is 5. The Balaban J connectivity index is 2.48. The van der Waals surface area contributed by atoms with E-state index in [1.54, 1.807) is 0 Å². The summed E-state index contributed by atoms with van der Waals surface area (Å²) in [4.78, 5) is 19.2. The van der Waals surface area contributed by atoms with E-state index >= 15 is 0 Å². The first-order valence-corrected chi connectivity index (χ1v) is 5.22. The zero-order chi connectivity index (χ0) is 12.0. The van der Waals surface area contributed by atoms with Crippen LogP contribution in [0.5, 0.6) is 0 Å². The van der Waals surface area contributed by atoms with E-state index in [9.17, 15) is 4.79 Å². The van der Waals surface area contributed by atoms with Crippen molar-refractivity contribution in [3.05, 3.63) is 11.9 Å². The SMILES string of the molecule is CCCNC(=O)CNc1ncnc(N)c1C. The van der Waals surface area contributed by atoms with Gasteiger partial charge in [0.2, 0.25) is 5.91 Å². The van der Waals surface area contributed by atoms with E-state index < -0.39 is 0 Å². The van der Waals surface area contributed by atoms with E-state index in [0.29, 0.717) is 18.2 Å². The predicted molar refractivity (Wildman–Crippen MR) is 63.0 cm³/mol. The lowest BCUT2D eigenvalue weighted by Gasteiger charge is -2.09. The normalized spacial score (nSPS) is 9.88. The molecule has 0 unspecified atom stereocenters. The van der Waals surface area contributed by atoms with Crippen molar-refractivity contribution >= 4 is 17.5 Å². The Morgan fingerprint density at radius 1 is 1.50 bits per heavy atom. The number of nitrogens with one attached hydrogen (secondary N) is 2. The molecule has 16 heavy (non-hydrogen) atoms. The summed E-state index contributed by atoms with van der Waals surface area (Å²) in [6.45, 7) is 4.69. The Morgan fingerprint density at radius 3 is 2.94 bits per heavy atom. The standard InChI is InChI=1S/C10H17N5O/c1-3-4-12-8(16)5-13-10-7(2)9(11)14-6-15-10/h6H,3-5H2,1-2H3,(H,12,16)(H3,11,13,14,15). The van der Waals surface area contributed by atoms with Crippen LogP contribution in [-0.4, -0.2) is 29.0 Å². The molecular formula is C10H17N5O. The van der Waals surface area contributed by atoms with E-state index in [-0.39, 0.29) is 12.5 Å². The number of nitrogens with zero attached hydrogens (tertiary/aromatic N) is 2. The lowest BCUT2D eigenvalue weighted by Crippen LogP contribution is -2.30. The number of carbonyl (C=O) groups is 1. The van der Waals surface area contributed by atoms with Crippen molar-refractivity contribution < 1.29 is 4.79 Å². The molecule has 0 fully saturated rings. The Kier molecular flexibility index (Phi) is 4.50. The van der Waals surface area contributed by atoms with Crippen LogP contribution in [0.25, 0.3) is 0 Å². The molecule has 0 spiro atoms. The van der Waals surface area contributed by atoms with Crippen molar-refractivity contribution in [3.8, 4) is 0 Å². The van der Waals surface area contributed by atoms with Crippen molar-refractivity contribution in [1.82, 2.24) is 15.3 Å². The molecule has 4 N–H and O–H groups in total. The second-order valence-corrected chi connectivity index (χ2v) is 3.44. The van der Waals surface area contributed by atoms with Gasteiger partial charge in [0.15, 0.2) is 0 Å². The van der Waals surface area contributed by atoms with Gasteiger partial charge >= 0.3 is 0 Å². The fraction of sp³-hybridized carbons (Fsp3) is 0.500. The van der Waals surface area contributed by atoms with Crippen LogP contribution in [0.1, 0.15) is 18.9 Å². The van der Waals surface area contributed by atoms with Crippen molar-refractivity contribution in [2.24, 2.45) is 0 Å². The highest BCUT2D eigenvalue weighted by molar-refractivity contribution is 5.80. The first-order valence-electron chi connectivity index (χ1n) is 5.22. The molecule has 1 aromatic rings. The molecule has 0 saturated carbocycles. The molecule has 0 bridgehead atoms. The summed E-state index contributed by atoms with van der Waals surface area (Å²) in [5, 5.41) is 5.68. The quantitative estimate of drug-likeness (QED) is 0.668. The number of hydrogen-bond donors (Lipinski definition) is 3. The zero-order valence-electron chi connectivity index (χ0n) is 9.58. The second-order valence-electron chi connectivity index (χ2n) is 3.44. The average molecular weight is 223 g/mol. The molecule has 1 rings (SSSR count). The molecule has 1 heterocycles. The molecule has 88 valence electrons. The number of amides is 1. The monoisotopic (exact) mass is 223 g/mol. The summed E-state index contributed by atoms with van der Waals surface area (Å²) in [5.41, 5.74) is 6.37. The fourth-order valence-corrected chi connectivity index (χ4v) is 1.13. The number of nitrogens with two attached hydrogens (primary N) is 1. The van der Waals surface area contributed by atoms with Gasteiger partial charge < -0.3 is 16.4 Å². The third-order valence-corrected chi connectivity index (χ3v) is 2.11. The maximum absolute atomic E-state index is 11.3. The summed E-state index contributed by atoms with van der Waals surface area (Å²) in [6.07, 6.45) is 2.29. The number of aromatic nitrogens is 2. The van der Waals surface area contributed by atoms with Crippen LogP contribution in [0.2, 0.25) is 0 Å². The minimum Gasteiger partial charge on any atom is -0.383 e. The Bertz CT molecular complexity index is 366. The molecule has 0 aliphatic rings. The third-order valence-electron chi connectivity index (χ3n) is 2.11. The third kappa shape index (κ3) is 3.38. The average Bonchev–Trinajstić information content (AvgIpc) is 2.28. The van der Waals surface area contributed by atoms with Crippen LogP contribution in [-0.2, 0) is 4.79 Å². The summed E-state index contributed by atoms with van der Waals surface area (Å²) in [7, 11) is 0. The summed E-state index contributed by atoms with van der Waals surface area (Å²) in [5.74, 6) is 0.962. The topological polar surface area (TPSA) is 92.9 Å². The smallest absolute Gasteiger partial charge is 0.239 e. The van der Waals surface area contributed by atoms with Gasteiger partial charge in [-0.15, -0.1) is 0 Å². The van der Waals surface area contributed by atoms with Gasteiger partial charge in [0, 0.05) is 12.1 Å². The molecule has 6 nitrogen and oxygen atoms in total. The minimum atomic E-state index is -0.0570. The molecular weight excluding hydrogens is 206 g/mol. The van der Waals surface area contributed by atoms with Crippen molar-refractivity contribution in [2.75, 3.05) is 24.1 Å². The van der Waals surface area contributed by atoms with Crippen LogP contribution in [0.4, 0.5) is 11.6 Å². The van der Waals surface area contributed by atoms with Gasteiger partial charge in [0.25, 0.3) is 0 Å². The van der Waals surface area contributed by atoms with Crippen LogP contribution in [0.3, 0.4) is 0 Å². The zero-order valence-corrected chi connectivity index (χ0v) is 9.58. The van der Waals surface area contributed by atoms with Crippen molar-refractivity contribution in [1.29, 1.82) is 0 Å². The van der Waals surface area contributed by atoms with Gasteiger partial charge in [-0.3, -0.25) is 4.79 Å². The van der Waals surface area contributed by atoms with Crippen molar-refractivity contribution in [2.45, 2.75) is 20.3 Å². The largest absolute Gasteiger partial charge is 0.383 e. The van der Waals surface area contributed by atoms with E-state index in [1.807, 2.05) is 13.8 Å². The molecule has 6 heteroatoms. The number of nitrogen functional groups attached to an aromatic ring is 1. The van der Waals surface area contributed by atoms with Gasteiger partial charge in [-0.25, -0.2) is 9.97 Å². The highest BCUT2D eigenvalue weighted by atomic mass is 16.1. The maximum atomic E-state index is 11.3. The highest BCUT2D eigenvalue weighted by Crippen LogP contribution is 2.14. The first-order chi connectivity index (χ1) is 7.65. The minimum absolute atomic E-state index is 0.0570. The Morgan fingerprint density at radius 2 is 2.25 bits per heavy atom. The predicted octanol–water partition coefficient (Wildman–Crippen LogP) is 0.305. The molecule has 0 aliphatic heterocycles. The molecule has 1 amide bonds. The Labute approximate surface area is 94.7 Å². The molecule has 0 atom stereocenters. The van der Waals surface area contributed by atoms with Gasteiger partial charge in [-0.1, -0.05) is 6.92 Å². The van der Waals surface area contributed by atoms with Crippen LogP contribution < -0.4 is 16.4 Å². The summed E-state index contributed by atoms with van der Waals surface area (Å²) in [6, 6.07) is 0. The Hall–Kier alpha value is -1.85. The van der Waals surface area contributed by atoms with Crippen LogP contribution in [0, 0.1) is 6.92 Å². The van der Waals surface area contributed by atoms with E-state index in [1.165, 1.54) is 6.33 Å². The van der Waals surface area contributed by atoms with Gasteiger partial charge in [-0.05, 0) is 13.3 Å². The first kappa shape index (κ1) is 12.2. The summed E-state index contributed by atoms with van der Waals surface area (Å²) < 4.78 is 0. The molecule has 0 aliphatic carbocycles. The van der Waals surface area contributed by atoms with Gasteiger partial charge in [0.1, 0.15) is 18.0 Å². The van der Waals surface area contributed by atoms with Crippen LogP contribution in [0.15, 0.2) is 6.33 Å². The maximum Gasteiger partial charge on any atom is 0.239 e. The van der Waals surface area contributed by atoms with Crippen molar-refractivity contribution in [3.63, 3.8) is 0 Å². The van der Waals surface area contributed by atoms with E-state index in [2.05, 4.69) is 20.6 Å². The molecule has 0 saturated heterocycles. The lowest BCUT2D eigenvalue weighted by molar-refractivity contribution is -0.119. The molecule has 0 aromatic carbocycles. The molecule has 1 aromatic heterocycles. The highest BCUT2D eigenvalue weighted by Gasteiger charge is 2.05. The summed E-state index contributed by atoms with van der Waals surface area (Å²) >= 11 is 0. The number of carbonyl (C=O) groups excluding carboxylic acids is 1. The number of hydrogen-bond acceptors (Lipinski definition) is 5. The van der Waals surface area contributed by atoms with Crippen LogP contribution >= 0.6 is 0 Å². The molecule has 0 radical (unpaired) electrons.